The van der Waals surface area contributed by atoms with Crippen LogP contribution in [-0.2, 0) is 23.9 Å². The van der Waals surface area contributed by atoms with Gasteiger partial charge >= 0.3 is 19.5 Å². The van der Waals surface area contributed by atoms with E-state index in [9.17, 15) is 0 Å². The van der Waals surface area contributed by atoms with E-state index in [0.717, 1.165) is 47.3 Å². The summed E-state index contributed by atoms with van der Waals surface area (Å²) in [5.41, 5.74) is 0. The van der Waals surface area contributed by atoms with E-state index < -0.39 is 9.17 Å². The maximum atomic E-state index is 8.52. The topological polar surface area (TPSA) is 159 Å². The molecule has 45 heavy (non-hydrogen) atoms. The van der Waals surface area contributed by atoms with E-state index in [1.165, 1.54) is 103 Å². The smallest absolute Gasteiger partial charge is 0.672 e. The van der Waals surface area contributed by atoms with E-state index in [1.54, 1.807) is 0 Å². The molecule has 8 N–H and O–H groups in total. The zero-order valence-corrected chi connectivity index (χ0v) is 31.0. The second-order valence-electron chi connectivity index (χ2n) is 15.9. The van der Waals surface area contributed by atoms with Gasteiger partial charge in [0.05, 0.1) is 49.3 Å². The Balaban J connectivity index is 0.000000617. The molecule has 4 aliphatic carbocycles. The normalized spacial score (nSPS) is 51.7. The molecule has 0 aromatic carbocycles. The Morgan fingerprint density at radius 3 is 0.556 bits per heavy atom. The fourth-order valence-corrected chi connectivity index (χ4v) is 12.0. The summed E-state index contributed by atoms with van der Waals surface area (Å²) >= 11 is 0. The second-order valence-corrected chi connectivity index (χ2v) is 16.4. The van der Waals surface area contributed by atoms with E-state index >= 15 is 0 Å². The summed E-state index contributed by atoms with van der Waals surface area (Å²) in [5.74, 6) is 5.97. The van der Waals surface area contributed by atoms with Gasteiger partial charge in [-0.15, -0.1) is 0 Å². The van der Waals surface area contributed by atoms with Crippen molar-refractivity contribution in [3.63, 3.8) is 0 Å². The minimum atomic E-state index is -3.63. The van der Waals surface area contributed by atoms with E-state index in [-0.39, 0.29) is 19.5 Å². The summed E-state index contributed by atoms with van der Waals surface area (Å²) in [6.45, 7) is 0. The van der Waals surface area contributed by atoms with Gasteiger partial charge in [0.2, 0.25) is 0 Å². The van der Waals surface area contributed by atoms with Crippen LogP contribution in [0.2, 0.25) is 0 Å². The Bertz CT molecular complexity index is 823. The molecule has 0 radical (unpaired) electrons. The average molecular weight is 694 g/mol. The van der Waals surface area contributed by atoms with Crippen LogP contribution in [0.1, 0.15) is 103 Å². The summed E-state index contributed by atoms with van der Waals surface area (Å²) in [6, 6.07) is 0. The van der Waals surface area contributed by atoms with Crippen molar-refractivity contribution >= 4 is 9.17 Å². The molecule has 11 nitrogen and oxygen atoms in total. The average Bonchev–Trinajstić information content (AvgIpc) is 3.76. The van der Waals surface area contributed by atoms with Crippen molar-refractivity contribution in [2.75, 3.05) is 0 Å². The van der Waals surface area contributed by atoms with Crippen molar-refractivity contribution in [3.8, 4) is 0 Å². The van der Waals surface area contributed by atoms with Crippen LogP contribution in [0.25, 0.3) is 0 Å². The fraction of sp³-hybridized carbons (Fsp3) is 1.00. The molecule has 8 bridgehead atoms. The van der Waals surface area contributed by atoms with Crippen molar-refractivity contribution in [1.82, 2.24) is 42.5 Å². The Kier molecular flexibility index (Phi) is 10.7. The molecule has 9 rings (SSSR count). The van der Waals surface area contributed by atoms with Crippen LogP contribution < -0.4 is 52.1 Å². The van der Waals surface area contributed by atoms with Crippen LogP contribution in [0.4, 0.5) is 0 Å². The number of fused-ring (bicyclic) bond motifs is 20. The van der Waals surface area contributed by atoms with Gasteiger partial charge in [-0.2, -0.15) is 0 Å². The molecular formula is C32H56N8O3SiZn. The molecule has 0 amide bonds. The van der Waals surface area contributed by atoms with Crippen LogP contribution in [0, 0.1) is 47.3 Å². The third-order valence-corrected chi connectivity index (χ3v) is 13.8. The van der Waals surface area contributed by atoms with Crippen LogP contribution in [-0.4, -0.2) is 58.5 Å². The van der Waals surface area contributed by atoms with Crippen molar-refractivity contribution in [3.05, 3.63) is 0 Å². The number of hydrogen-bond donors (Lipinski definition) is 8. The summed E-state index contributed by atoms with van der Waals surface area (Å²) < 4.78 is 8.52. The standard InChI is InChI=1S/C32H56N8.O3Si.Zn/c1-2-10-18-17(9-1)25-33-26(18)38-28-21-13-5-6-14-22(21)30(35-28)40-32-24-16-8-7-15-23(24)31(36-32)39-29-20-12-4-3-11-19(20)27(34-29)37-25;1-4(2)3;/h17-40H,1-16H2;;/q;-2;+2. The Morgan fingerprint density at radius 1 is 0.333 bits per heavy atom. The molecule has 248 valence electrons. The molecule has 0 spiro atoms. The van der Waals surface area contributed by atoms with Crippen molar-refractivity contribution in [2.45, 2.75) is 152 Å². The number of hydrogen-bond acceptors (Lipinski definition) is 11. The first-order valence-electron chi connectivity index (χ1n) is 18.5. The van der Waals surface area contributed by atoms with Gasteiger partial charge < -0.3 is 14.1 Å². The maximum Gasteiger partial charge on any atom is 2.00 e. The van der Waals surface area contributed by atoms with Crippen molar-refractivity contribution in [2.24, 2.45) is 47.3 Å². The molecule has 9 fully saturated rings. The third kappa shape index (κ3) is 6.63. The van der Waals surface area contributed by atoms with E-state index in [1.807, 2.05) is 0 Å². The molecule has 8 unspecified atom stereocenters. The predicted octanol–water partition coefficient (Wildman–Crippen LogP) is -0.274. The summed E-state index contributed by atoms with van der Waals surface area (Å²) in [5, 5.41) is 33.8. The quantitative estimate of drug-likeness (QED) is 0.158. The first-order chi connectivity index (χ1) is 21.5. The molecule has 0 aromatic heterocycles. The second kappa shape index (κ2) is 14.4. The van der Waals surface area contributed by atoms with Gasteiger partial charge in [0.15, 0.2) is 0 Å². The SMILES string of the molecule is C1CCC2C3NC(NC4NC(NC5NC(NC6NC(N3)C3CCCCC63)C3CCCCC53)C3CCCCC43)C2C1.O=[Si]([O-])[O-].[Zn+2]. The molecule has 13 heteroatoms. The molecule has 4 saturated carbocycles. The number of rotatable bonds is 0. The first-order valence-corrected chi connectivity index (χ1v) is 19.7. The molecule has 9 aliphatic rings. The van der Waals surface area contributed by atoms with Gasteiger partial charge in [-0.1, -0.05) is 51.4 Å². The summed E-state index contributed by atoms with van der Waals surface area (Å²) in [6.07, 6.45) is 25.6. The molecule has 5 saturated heterocycles. The van der Waals surface area contributed by atoms with Crippen molar-refractivity contribution in [1.29, 1.82) is 0 Å². The Labute approximate surface area is 283 Å². The molecular weight excluding hydrogens is 638 g/mol. The maximum absolute atomic E-state index is 8.52. The third-order valence-electron chi connectivity index (χ3n) is 13.8. The molecule has 5 heterocycles. The molecule has 5 aliphatic heterocycles. The Hall–Kier alpha value is -0.0797. The Morgan fingerprint density at radius 2 is 0.444 bits per heavy atom. The van der Waals surface area contributed by atoms with Gasteiger partial charge in [-0.3, -0.25) is 42.5 Å². The van der Waals surface area contributed by atoms with Crippen LogP contribution in [0.15, 0.2) is 0 Å². The van der Waals surface area contributed by atoms with E-state index in [0.29, 0.717) is 49.3 Å². The van der Waals surface area contributed by atoms with Crippen LogP contribution in [0.5, 0.6) is 0 Å². The van der Waals surface area contributed by atoms with Crippen LogP contribution >= 0.6 is 0 Å². The van der Waals surface area contributed by atoms with Gasteiger partial charge in [-0.25, -0.2) is 0 Å². The zero-order chi connectivity index (χ0) is 29.8. The predicted molar refractivity (Wildman–Crippen MR) is 164 cm³/mol. The molecule has 0 aromatic rings. The number of nitrogens with one attached hydrogen (secondary N) is 8. The largest absolute Gasteiger partial charge is 2.00 e. The van der Waals surface area contributed by atoms with Crippen LogP contribution in [0.3, 0.4) is 0 Å². The molecule has 8 atom stereocenters. The van der Waals surface area contributed by atoms with Gasteiger partial charge in [0, 0.05) is 9.17 Å². The summed E-state index contributed by atoms with van der Waals surface area (Å²) in [4.78, 5) is 17.0. The van der Waals surface area contributed by atoms with E-state index in [2.05, 4.69) is 42.5 Å². The van der Waals surface area contributed by atoms with Gasteiger partial charge in [0.25, 0.3) is 0 Å². The van der Waals surface area contributed by atoms with E-state index in [4.69, 9.17) is 14.1 Å². The fourth-order valence-electron chi connectivity index (χ4n) is 12.0. The minimum absolute atomic E-state index is 0. The monoisotopic (exact) mass is 692 g/mol. The van der Waals surface area contributed by atoms with Crippen molar-refractivity contribution < 1.29 is 33.5 Å². The summed E-state index contributed by atoms with van der Waals surface area (Å²) in [7, 11) is -3.63. The zero-order valence-electron chi connectivity index (χ0n) is 27.0. The van der Waals surface area contributed by atoms with Gasteiger partial charge in [-0.05, 0) is 98.7 Å². The minimum Gasteiger partial charge on any atom is -0.672 e. The van der Waals surface area contributed by atoms with Gasteiger partial charge in [0.1, 0.15) is 0 Å². The first kappa shape index (κ1) is 33.4.